The van der Waals surface area contributed by atoms with Gasteiger partial charge in [-0.15, -0.1) is 0 Å². The molecule has 1 amide bonds. The van der Waals surface area contributed by atoms with Crippen molar-refractivity contribution in [1.29, 1.82) is 0 Å². The van der Waals surface area contributed by atoms with E-state index < -0.39 is 0 Å². The van der Waals surface area contributed by atoms with E-state index in [9.17, 15) is 4.79 Å². The van der Waals surface area contributed by atoms with Crippen LogP contribution in [0.4, 0.5) is 0 Å². The Morgan fingerprint density at radius 2 is 1.85 bits per heavy atom. The topological polar surface area (TPSA) is 76.4 Å². The molecule has 33 heavy (non-hydrogen) atoms. The quantitative estimate of drug-likeness (QED) is 0.553. The minimum atomic E-state index is -0.0751. The van der Waals surface area contributed by atoms with Crippen molar-refractivity contribution in [3.05, 3.63) is 66.6 Å². The van der Waals surface area contributed by atoms with E-state index in [1.165, 1.54) is 32.4 Å². The van der Waals surface area contributed by atoms with E-state index in [4.69, 9.17) is 9.72 Å². The summed E-state index contributed by atoms with van der Waals surface area (Å²) in [6.07, 6.45) is 14.4. The molecule has 8 nitrogen and oxygen atoms in total. The molecule has 8 heteroatoms. The molecule has 1 unspecified atom stereocenters. The molecular formula is C25H30N6O2. The Bertz CT molecular complexity index is 1050. The summed E-state index contributed by atoms with van der Waals surface area (Å²) in [5, 5.41) is 0. The third-order valence-corrected chi connectivity index (χ3v) is 6.49. The van der Waals surface area contributed by atoms with Crippen molar-refractivity contribution in [2.24, 2.45) is 0 Å². The van der Waals surface area contributed by atoms with Gasteiger partial charge in [0.1, 0.15) is 18.7 Å². The summed E-state index contributed by atoms with van der Waals surface area (Å²) >= 11 is 0. The van der Waals surface area contributed by atoms with Crippen molar-refractivity contribution in [2.45, 2.75) is 38.1 Å². The molecule has 1 aromatic carbocycles. The molecular weight excluding hydrogens is 416 g/mol. The standard InChI is InChI=1S/C25H30N6O2/c32-25(20-6-8-21(9-7-20)33-16-15-29-11-2-1-3-12-29)31-13-4-5-23(31)22-17-27-18-24(28-22)30-14-10-26-19-30/h6-10,14,17-19,23H,1-5,11-13,15-16H2. The number of piperidine rings is 1. The number of hydrogen-bond acceptors (Lipinski definition) is 6. The second-order valence-corrected chi connectivity index (χ2v) is 8.70. The van der Waals surface area contributed by atoms with Crippen LogP contribution in [0.1, 0.15) is 54.2 Å². The van der Waals surface area contributed by atoms with Gasteiger partial charge in [-0.05, 0) is 63.0 Å². The van der Waals surface area contributed by atoms with Gasteiger partial charge in [0.2, 0.25) is 0 Å². The lowest BCUT2D eigenvalue weighted by molar-refractivity contribution is 0.0732. The minimum absolute atomic E-state index is 0.0206. The summed E-state index contributed by atoms with van der Waals surface area (Å²) in [7, 11) is 0. The highest BCUT2D eigenvalue weighted by Gasteiger charge is 2.32. The number of benzene rings is 1. The summed E-state index contributed by atoms with van der Waals surface area (Å²) < 4.78 is 7.74. The Labute approximate surface area is 194 Å². The van der Waals surface area contributed by atoms with Gasteiger partial charge in [0.05, 0.1) is 24.1 Å². The van der Waals surface area contributed by atoms with Gasteiger partial charge in [-0.2, -0.15) is 0 Å². The lowest BCUT2D eigenvalue weighted by Crippen LogP contribution is -2.33. The van der Waals surface area contributed by atoms with Gasteiger partial charge in [-0.3, -0.25) is 19.2 Å². The van der Waals surface area contributed by atoms with Crippen LogP contribution in [0.3, 0.4) is 0 Å². The first-order chi connectivity index (χ1) is 16.3. The summed E-state index contributed by atoms with van der Waals surface area (Å²) in [4.78, 5) is 30.8. The number of carbonyl (C=O) groups is 1. The fourth-order valence-corrected chi connectivity index (χ4v) is 4.70. The highest BCUT2D eigenvalue weighted by Crippen LogP contribution is 2.32. The van der Waals surface area contributed by atoms with Crippen LogP contribution in [0, 0.1) is 0 Å². The number of aromatic nitrogens is 4. The first kappa shape index (κ1) is 21.6. The maximum Gasteiger partial charge on any atom is 0.254 e. The summed E-state index contributed by atoms with van der Waals surface area (Å²) in [6.45, 7) is 4.68. The van der Waals surface area contributed by atoms with Crippen LogP contribution >= 0.6 is 0 Å². The van der Waals surface area contributed by atoms with Crippen molar-refractivity contribution in [3.63, 3.8) is 0 Å². The molecule has 0 spiro atoms. The van der Waals surface area contributed by atoms with Gasteiger partial charge in [-0.1, -0.05) is 6.42 Å². The molecule has 0 aliphatic carbocycles. The molecule has 3 aromatic rings. The van der Waals surface area contributed by atoms with Crippen LogP contribution in [0.5, 0.6) is 5.75 Å². The van der Waals surface area contributed by atoms with E-state index in [-0.39, 0.29) is 11.9 Å². The molecule has 5 rings (SSSR count). The van der Waals surface area contributed by atoms with Crippen LogP contribution in [0.15, 0.2) is 55.4 Å². The minimum Gasteiger partial charge on any atom is -0.492 e. The van der Waals surface area contributed by atoms with E-state index >= 15 is 0 Å². The normalized spacial score (nSPS) is 19.0. The molecule has 2 fully saturated rings. The van der Waals surface area contributed by atoms with Crippen LogP contribution in [-0.2, 0) is 0 Å². The number of hydrogen-bond donors (Lipinski definition) is 0. The average Bonchev–Trinajstić information content (AvgIpc) is 3.58. The number of imidazole rings is 1. The van der Waals surface area contributed by atoms with Crippen molar-refractivity contribution in [2.75, 3.05) is 32.8 Å². The zero-order chi connectivity index (χ0) is 22.5. The zero-order valence-corrected chi connectivity index (χ0v) is 18.8. The highest BCUT2D eigenvalue weighted by atomic mass is 16.5. The van der Waals surface area contributed by atoms with Gasteiger partial charge in [-0.25, -0.2) is 9.97 Å². The van der Waals surface area contributed by atoms with Crippen molar-refractivity contribution < 1.29 is 9.53 Å². The number of carbonyl (C=O) groups excluding carboxylic acids is 1. The Morgan fingerprint density at radius 1 is 1.00 bits per heavy atom. The van der Waals surface area contributed by atoms with Crippen LogP contribution in [0.25, 0.3) is 5.82 Å². The first-order valence-corrected chi connectivity index (χ1v) is 11.8. The van der Waals surface area contributed by atoms with E-state index in [1.807, 2.05) is 39.9 Å². The maximum atomic E-state index is 13.3. The lowest BCUT2D eigenvalue weighted by atomic mass is 10.1. The largest absolute Gasteiger partial charge is 0.492 e. The number of amides is 1. The Balaban J connectivity index is 1.22. The van der Waals surface area contributed by atoms with Gasteiger partial charge in [0.25, 0.3) is 5.91 Å². The third-order valence-electron chi connectivity index (χ3n) is 6.49. The second kappa shape index (κ2) is 10.1. The number of rotatable bonds is 7. The van der Waals surface area contributed by atoms with E-state index in [1.54, 1.807) is 24.9 Å². The van der Waals surface area contributed by atoms with Gasteiger partial charge < -0.3 is 9.64 Å². The molecule has 2 aliphatic heterocycles. The summed E-state index contributed by atoms with van der Waals surface area (Å²) in [5.74, 6) is 1.53. The highest BCUT2D eigenvalue weighted by molar-refractivity contribution is 5.94. The molecule has 2 saturated heterocycles. The van der Waals surface area contributed by atoms with Gasteiger partial charge in [0.15, 0.2) is 5.82 Å². The number of likely N-dealkylation sites (tertiary alicyclic amines) is 2. The zero-order valence-electron chi connectivity index (χ0n) is 18.8. The van der Waals surface area contributed by atoms with Crippen molar-refractivity contribution >= 4 is 5.91 Å². The van der Waals surface area contributed by atoms with E-state index in [0.29, 0.717) is 24.5 Å². The molecule has 1 atom stereocenters. The van der Waals surface area contributed by atoms with Crippen LogP contribution in [0.2, 0.25) is 0 Å². The predicted molar refractivity (Wildman–Crippen MR) is 124 cm³/mol. The fourth-order valence-electron chi connectivity index (χ4n) is 4.70. The summed E-state index contributed by atoms with van der Waals surface area (Å²) in [6, 6.07) is 7.44. The monoisotopic (exact) mass is 446 g/mol. The average molecular weight is 447 g/mol. The second-order valence-electron chi connectivity index (χ2n) is 8.70. The smallest absolute Gasteiger partial charge is 0.254 e. The molecule has 2 aliphatic rings. The molecule has 0 N–H and O–H groups in total. The Morgan fingerprint density at radius 3 is 2.64 bits per heavy atom. The SMILES string of the molecule is O=C(c1ccc(OCCN2CCCCC2)cc1)N1CCCC1c1cncc(-n2ccnc2)n1. The molecule has 0 saturated carbocycles. The van der Waals surface area contributed by atoms with Crippen molar-refractivity contribution in [1.82, 2.24) is 29.3 Å². The fraction of sp³-hybridized carbons (Fsp3) is 0.440. The molecule has 0 bridgehead atoms. The molecule has 2 aromatic heterocycles. The van der Waals surface area contributed by atoms with E-state index in [0.717, 1.165) is 30.8 Å². The van der Waals surface area contributed by atoms with Crippen LogP contribution in [-0.4, -0.2) is 68.0 Å². The van der Waals surface area contributed by atoms with Crippen LogP contribution < -0.4 is 4.74 Å². The predicted octanol–water partition coefficient (Wildman–Crippen LogP) is 3.50. The summed E-state index contributed by atoms with van der Waals surface area (Å²) in [5.41, 5.74) is 1.48. The molecule has 172 valence electrons. The van der Waals surface area contributed by atoms with E-state index in [2.05, 4.69) is 14.9 Å². The van der Waals surface area contributed by atoms with Gasteiger partial charge in [0, 0.05) is 31.0 Å². The lowest BCUT2D eigenvalue weighted by Gasteiger charge is -2.26. The third kappa shape index (κ3) is 5.06. The van der Waals surface area contributed by atoms with Gasteiger partial charge >= 0.3 is 0 Å². The molecule has 0 radical (unpaired) electrons. The first-order valence-electron chi connectivity index (χ1n) is 11.8. The molecule has 4 heterocycles. The number of nitrogens with zero attached hydrogens (tertiary/aromatic N) is 6. The Kier molecular flexibility index (Phi) is 6.62. The van der Waals surface area contributed by atoms with Crippen molar-refractivity contribution in [3.8, 4) is 11.6 Å². The maximum absolute atomic E-state index is 13.3. The number of ether oxygens (including phenoxy) is 1. The Hall–Kier alpha value is -3.26.